The lowest BCUT2D eigenvalue weighted by molar-refractivity contribution is 0.184. The molecule has 0 aliphatic carbocycles. The van der Waals surface area contributed by atoms with Crippen molar-refractivity contribution in [2.45, 2.75) is 32.9 Å². The molecule has 1 unspecified atom stereocenters. The Morgan fingerprint density at radius 1 is 1.44 bits per heavy atom. The maximum atomic E-state index is 5.91. The van der Waals surface area contributed by atoms with Crippen LogP contribution in [-0.4, -0.2) is 19.8 Å². The van der Waals surface area contributed by atoms with Crippen molar-refractivity contribution in [3.63, 3.8) is 0 Å². The molecule has 0 amide bonds. The number of hydrogen-bond acceptors (Lipinski definition) is 2. The van der Waals surface area contributed by atoms with Gasteiger partial charge in [0.25, 0.3) is 0 Å². The van der Waals surface area contributed by atoms with Crippen molar-refractivity contribution in [3.05, 3.63) is 34.3 Å². The first kappa shape index (κ1) is 13.5. The maximum absolute atomic E-state index is 5.91. The second-order valence-corrected chi connectivity index (χ2v) is 4.57. The molecule has 90 valence electrons. The standard InChI is InChI=1S/C13H20ClNO/c1-10-8-13(14)5-4-12(10)9-15-11(2)6-7-16-3/h4-5,8,11,15H,6-7,9H2,1-3H3. The molecule has 0 heterocycles. The topological polar surface area (TPSA) is 21.3 Å². The van der Waals surface area contributed by atoms with E-state index in [1.807, 2.05) is 12.1 Å². The van der Waals surface area contributed by atoms with Crippen LogP contribution in [0.1, 0.15) is 24.5 Å². The van der Waals surface area contributed by atoms with Gasteiger partial charge in [-0.15, -0.1) is 0 Å². The molecule has 0 fully saturated rings. The van der Waals surface area contributed by atoms with E-state index in [4.69, 9.17) is 16.3 Å². The number of halogens is 1. The Bertz CT molecular complexity index is 328. The van der Waals surface area contributed by atoms with Crippen LogP contribution >= 0.6 is 11.6 Å². The summed E-state index contributed by atoms with van der Waals surface area (Å²) in [6.45, 7) is 5.94. The lowest BCUT2D eigenvalue weighted by atomic mass is 10.1. The first-order valence-electron chi connectivity index (χ1n) is 5.61. The van der Waals surface area contributed by atoms with Crippen molar-refractivity contribution in [1.82, 2.24) is 5.32 Å². The molecule has 1 N–H and O–H groups in total. The van der Waals surface area contributed by atoms with Gasteiger partial charge in [-0.25, -0.2) is 0 Å². The summed E-state index contributed by atoms with van der Waals surface area (Å²) in [7, 11) is 1.73. The minimum atomic E-state index is 0.468. The van der Waals surface area contributed by atoms with Crippen LogP contribution in [0.3, 0.4) is 0 Å². The molecule has 0 bridgehead atoms. The van der Waals surface area contributed by atoms with Gasteiger partial charge in [0.15, 0.2) is 0 Å². The largest absolute Gasteiger partial charge is 0.385 e. The van der Waals surface area contributed by atoms with Gasteiger partial charge in [0.1, 0.15) is 0 Å². The van der Waals surface area contributed by atoms with Crippen molar-refractivity contribution in [2.75, 3.05) is 13.7 Å². The number of hydrogen-bond donors (Lipinski definition) is 1. The third kappa shape index (κ3) is 4.52. The van der Waals surface area contributed by atoms with Crippen molar-refractivity contribution >= 4 is 11.6 Å². The molecule has 1 atom stereocenters. The van der Waals surface area contributed by atoms with Crippen LogP contribution in [0.25, 0.3) is 0 Å². The molecule has 0 aliphatic heterocycles. The summed E-state index contributed by atoms with van der Waals surface area (Å²) in [5.74, 6) is 0. The predicted octanol–water partition coefficient (Wildman–Crippen LogP) is 3.16. The zero-order chi connectivity index (χ0) is 12.0. The minimum absolute atomic E-state index is 0.468. The number of aryl methyl sites for hydroxylation is 1. The third-order valence-corrected chi connectivity index (χ3v) is 2.94. The molecule has 3 heteroatoms. The predicted molar refractivity (Wildman–Crippen MR) is 69.0 cm³/mol. The fourth-order valence-corrected chi connectivity index (χ4v) is 1.77. The Labute approximate surface area is 103 Å². The molecular weight excluding hydrogens is 222 g/mol. The van der Waals surface area contributed by atoms with E-state index in [0.717, 1.165) is 24.6 Å². The fourth-order valence-electron chi connectivity index (χ4n) is 1.54. The average Bonchev–Trinajstić information content (AvgIpc) is 2.25. The van der Waals surface area contributed by atoms with Gasteiger partial charge in [-0.2, -0.15) is 0 Å². The van der Waals surface area contributed by atoms with Crippen LogP contribution < -0.4 is 5.32 Å². The number of benzene rings is 1. The number of ether oxygens (including phenoxy) is 1. The fraction of sp³-hybridized carbons (Fsp3) is 0.538. The van der Waals surface area contributed by atoms with Gasteiger partial charge < -0.3 is 10.1 Å². The molecule has 2 nitrogen and oxygen atoms in total. The molecule has 0 aromatic heterocycles. The molecule has 0 saturated carbocycles. The highest BCUT2D eigenvalue weighted by Crippen LogP contribution is 2.15. The normalized spacial score (nSPS) is 12.8. The van der Waals surface area contributed by atoms with Crippen LogP contribution in [0, 0.1) is 6.92 Å². The Morgan fingerprint density at radius 2 is 2.19 bits per heavy atom. The van der Waals surface area contributed by atoms with Gasteiger partial charge in [-0.1, -0.05) is 17.7 Å². The summed E-state index contributed by atoms with van der Waals surface area (Å²) >= 11 is 5.91. The highest BCUT2D eigenvalue weighted by molar-refractivity contribution is 6.30. The smallest absolute Gasteiger partial charge is 0.0476 e. The second kappa shape index (κ2) is 6.89. The lowest BCUT2D eigenvalue weighted by Gasteiger charge is -2.14. The molecule has 1 aromatic rings. The summed E-state index contributed by atoms with van der Waals surface area (Å²) in [5.41, 5.74) is 2.53. The zero-order valence-corrected chi connectivity index (χ0v) is 11.0. The summed E-state index contributed by atoms with van der Waals surface area (Å²) < 4.78 is 5.05. The van der Waals surface area contributed by atoms with Crippen molar-refractivity contribution in [2.24, 2.45) is 0 Å². The molecule has 0 saturated heterocycles. The molecule has 1 rings (SSSR count). The van der Waals surface area contributed by atoms with E-state index < -0.39 is 0 Å². The van der Waals surface area contributed by atoms with Crippen LogP contribution in [-0.2, 0) is 11.3 Å². The molecule has 0 radical (unpaired) electrons. The van der Waals surface area contributed by atoms with Crippen molar-refractivity contribution < 1.29 is 4.74 Å². The Balaban J connectivity index is 2.42. The zero-order valence-electron chi connectivity index (χ0n) is 10.2. The minimum Gasteiger partial charge on any atom is -0.385 e. The number of rotatable bonds is 6. The first-order valence-corrected chi connectivity index (χ1v) is 5.98. The van der Waals surface area contributed by atoms with E-state index in [1.54, 1.807) is 7.11 Å². The summed E-state index contributed by atoms with van der Waals surface area (Å²) in [4.78, 5) is 0. The van der Waals surface area contributed by atoms with Crippen LogP contribution in [0.2, 0.25) is 5.02 Å². The summed E-state index contributed by atoms with van der Waals surface area (Å²) in [6.07, 6.45) is 1.03. The molecule has 0 aliphatic rings. The van der Waals surface area contributed by atoms with E-state index in [9.17, 15) is 0 Å². The lowest BCUT2D eigenvalue weighted by Crippen LogP contribution is -2.26. The Morgan fingerprint density at radius 3 is 2.81 bits per heavy atom. The monoisotopic (exact) mass is 241 g/mol. The second-order valence-electron chi connectivity index (χ2n) is 4.13. The van der Waals surface area contributed by atoms with E-state index in [2.05, 4.69) is 25.2 Å². The van der Waals surface area contributed by atoms with Gasteiger partial charge in [0.2, 0.25) is 0 Å². The highest BCUT2D eigenvalue weighted by Gasteiger charge is 2.03. The number of nitrogens with one attached hydrogen (secondary N) is 1. The van der Waals surface area contributed by atoms with Crippen LogP contribution in [0.5, 0.6) is 0 Å². The average molecular weight is 242 g/mol. The van der Waals surface area contributed by atoms with Crippen molar-refractivity contribution in [3.8, 4) is 0 Å². The quantitative estimate of drug-likeness (QED) is 0.826. The van der Waals surface area contributed by atoms with E-state index in [1.165, 1.54) is 11.1 Å². The third-order valence-electron chi connectivity index (χ3n) is 2.70. The van der Waals surface area contributed by atoms with E-state index in [0.29, 0.717) is 6.04 Å². The maximum Gasteiger partial charge on any atom is 0.0476 e. The van der Waals surface area contributed by atoms with Crippen LogP contribution in [0.15, 0.2) is 18.2 Å². The highest BCUT2D eigenvalue weighted by atomic mass is 35.5. The summed E-state index contributed by atoms with van der Waals surface area (Å²) in [5, 5.41) is 4.27. The van der Waals surface area contributed by atoms with E-state index in [-0.39, 0.29) is 0 Å². The van der Waals surface area contributed by atoms with Crippen molar-refractivity contribution in [1.29, 1.82) is 0 Å². The SMILES string of the molecule is COCCC(C)NCc1ccc(Cl)cc1C. The van der Waals surface area contributed by atoms with Gasteiger partial charge in [-0.05, 0) is 43.5 Å². The van der Waals surface area contributed by atoms with Gasteiger partial charge >= 0.3 is 0 Å². The van der Waals surface area contributed by atoms with Crippen LogP contribution in [0.4, 0.5) is 0 Å². The molecule has 1 aromatic carbocycles. The van der Waals surface area contributed by atoms with Gasteiger partial charge in [0, 0.05) is 31.3 Å². The Hall–Kier alpha value is -0.570. The van der Waals surface area contributed by atoms with Gasteiger partial charge in [0.05, 0.1) is 0 Å². The summed E-state index contributed by atoms with van der Waals surface area (Å²) in [6, 6.07) is 6.48. The first-order chi connectivity index (χ1) is 7.63. The molecule has 0 spiro atoms. The van der Waals surface area contributed by atoms with E-state index >= 15 is 0 Å². The molecular formula is C13H20ClNO. The Kier molecular flexibility index (Phi) is 5.81. The molecule has 16 heavy (non-hydrogen) atoms. The number of methoxy groups -OCH3 is 1. The van der Waals surface area contributed by atoms with Gasteiger partial charge in [-0.3, -0.25) is 0 Å².